The van der Waals surface area contributed by atoms with Gasteiger partial charge in [0.1, 0.15) is 0 Å². The number of fused-ring (bicyclic) bond motifs is 1. The summed E-state index contributed by atoms with van der Waals surface area (Å²) >= 11 is 7.31. The van der Waals surface area contributed by atoms with E-state index in [9.17, 15) is 4.79 Å². The number of hydrogen-bond acceptors (Lipinski definition) is 3. The average molecular weight is 332 g/mol. The van der Waals surface area contributed by atoms with Gasteiger partial charge in [0.15, 0.2) is 5.13 Å². The number of rotatable bonds is 3. The SMILES string of the molecule is C[C@@H](NC(=O)Nc1nc2ccccc2s1)c1ccc(Cl)cc1. The Labute approximate surface area is 137 Å². The van der Waals surface area contributed by atoms with Crippen molar-refractivity contribution in [1.82, 2.24) is 10.3 Å². The third-order valence-corrected chi connectivity index (χ3v) is 4.44. The van der Waals surface area contributed by atoms with Crippen molar-refractivity contribution >= 4 is 44.3 Å². The molecular weight excluding hydrogens is 318 g/mol. The van der Waals surface area contributed by atoms with Crippen LogP contribution in [0.3, 0.4) is 0 Å². The van der Waals surface area contributed by atoms with E-state index >= 15 is 0 Å². The summed E-state index contributed by atoms with van der Waals surface area (Å²) in [4.78, 5) is 16.4. The summed E-state index contributed by atoms with van der Waals surface area (Å²) in [6, 6.07) is 14.8. The molecule has 0 saturated heterocycles. The van der Waals surface area contributed by atoms with Gasteiger partial charge in [-0.3, -0.25) is 5.32 Å². The van der Waals surface area contributed by atoms with Crippen molar-refractivity contribution in [3.63, 3.8) is 0 Å². The molecule has 1 heterocycles. The van der Waals surface area contributed by atoms with Crippen molar-refractivity contribution in [1.29, 1.82) is 0 Å². The van der Waals surface area contributed by atoms with Crippen LogP contribution in [0, 0.1) is 0 Å². The van der Waals surface area contributed by atoms with Crippen molar-refractivity contribution < 1.29 is 4.79 Å². The van der Waals surface area contributed by atoms with E-state index in [-0.39, 0.29) is 12.1 Å². The maximum atomic E-state index is 12.1. The van der Waals surface area contributed by atoms with E-state index < -0.39 is 0 Å². The highest BCUT2D eigenvalue weighted by Gasteiger charge is 2.11. The summed E-state index contributed by atoms with van der Waals surface area (Å²) in [6.07, 6.45) is 0. The standard InChI is InChI=1S/C16H14ClN3OS/c1-10(11-6-8-12(17)9-7-11)18-15(21)20-16-19-13-4-2-3-5-14(13)22-16/h2-10H,1H3,(H2,18,19,20,21)/t10-/m1/s1. The van der Waals surface area contributed by atoms with E-state index in [0.717, 1.165) is 15.8 Å². The number of para-hydroxylation sites is 1. The van der Waals surface area contributed by atoms with Gasteiger partial charge in [0.25, 0.3) is 0 Å². The Balaban J connectivity index is 1.65. The van der Waals surface area contributed by atoms with Gasteiger partial charge < -0.3 is 5.32 Å². The molecule has 0 aliphatic rings. The highest BCUT2D eigenvalue weighted by atomic mass is 35.5. The number of thiazole rings is 1. The summed E-state index contributed by atoms with van der Waals surface area (Å²) in [7, 11) is 0. The van der Waals surface area contributed by atoms with Gasteiger partial charge in [-0.2, -0.15) is 0 Å². The van der Waals surface area contributed by atoms with Gasteiger partial charge in [-0.15, -0.1) is 0 Å². The molecule has 0 bridgehead atoms. The largest absolute Gasteiger partial charge is 0.331 e. The first kappa shape index (κ1) is 14.8. The number of carbonyl (C=O) groups excluding carboxylic acids is 1. The molecule has 3 aromatic rings. The Kier molecular flexibility index (Phi) is 4.27. The molecule has 6 heteroatoms. The van der Waals surface area contributed by atoms with E-state index in [1.807, 2.05) is 43.3 Å². The molecule has 0 radical (unpaired) electrons. The number of hydrogen-bond donors (Lipinski definition) is 2. The number of aromatic nitrogens is 1. The van der Waals surface area contributed by atoms with E-state index in [1.54, 1.807) is 12.1 Å². The molecule has 4 nitrogen and oxygen atoms in total. The van der Waals surface area contributed by atoms with Crippen LogP contribution in [0.15, 0.2) is 48.5 Å². The van der Waals surface area contributed by atoms with Crippen LogP contribution in [-0.2, 0) is 0 Å². The Bertz CT molecular complexity index is 768. The van der Waals surface area contributed by atoms with Crippen LogP contribution in [-0.4, -0.2) is 11.0 Å². The zero-order valence-corrected chi connectivity index (χ0v) is 13.4. The highest BCUT2D eigenvalue weighted by molar-refractivity contribution is 7.22. The lowest BCUT2D eigenvalue weighted by Gasteiger charge is -2.14. The van der Waals surface area contributed by atoms with Gasteiger partial charge in [0.05, 0.1) is 16.3 Å². The molecule has 0 fully saturated rings. The normalized spacial score (nSPS) is 12.1. The van der Waals surface area contributed by atoms with Gasteiger partial charge in [-0.25, -0.2) is 9.78 Å². The molecule has 2 N–H and O–H groups in total. The number of anilines is 1. The number of urea groups is 1. The predicted molar refractivity (Wildman–Crippen MR) is 91.6 cm³/mol. The summed E-state index contributed by atoms with van der Waals surface area (Å²) < 4.78 is 1.04. The third kappa shape index (κ3) is 3.37. The number of carbonyl (C=O) groups is 1. The van der Waals surface area contributed by atoms with E-state index in [2.05, 4.69) is 15.6 Å². The molecule has 112 valence electrons. The fraction of sp³-hybridized carbons (Fsp3) is 0.125. The second-order valence-electron chi connectivity index (χ2n) is 4.86. The molecule has 1 aromatic heterocycles. The van der Waals surface area contributed by atoms with Crippen LogP contribution in [0.2, 0.25) is 5.02 Å². The van der Waals surface area contributed by atoms with Crippen LogP contribution in [0.1, 0.15) is 18.5 Å². The number of amides is 2. The van der Waals surface area contributed by atoms with Gasteiger partial charge in [-0.05, 0) is 36.8 Å². The number of halogens is 1. The Hall–Kier alpha value is -2.11. The molecule has 2 amide bonds. The van der Waals surface area contributed by atoms with Gasteiger partial charge >= 0.3 is 6.03 Å². The molecule has 0 saturated carbocycles. The second kappa shape index (κ2) is 6.34. The molecule has 22 heavy (non-hydrogen) atoms. The smallest absolute Gasteiger partial charge is 0.321 e. The second-order valence-corrected chi connectivity index (χ2v) is 6.33. The number of benzene rings is 2. The summed E-state index contributed by atoms with van der Waals surface area (Å²) in [6.45, 7) is 1.92. The highest BCUT2D eigenvalue weighted by Crippen LogP contribution is 2.25. The molecular formula is C16H14ClN3OS. The zero-order valence-electron chi connectivity index (χ0n) is 11.8. The number of nitrogens with one attached hydrogen (secondary N) is 2. The zero-order chi connectivity index (χ0) is 15.5. The maximum absolute atomic E-state index is 12.1. The topological polar surface area (TPSA) is 54.0 Å². The predicted octanol–water partition coefficient (Wildman–Crippen LogP) is 4.83. The molecule has 2 aromatic carbocycles. The van der Waals surface area contributed by atoms with Crippen molar-refractivity contribution in [3.8, 4) is 0 Å². The minimum atomic E-state index is -0.276. The van der Waals surface area contributed by atoms with Crippen molar-refractivity contribution in [3.05, 3.63) is 59.1 Å². The van der Waals surface area contributed by atoms with Crippen molar-refractivity contribution in [2.45, 2.75) is 13.0 Å². The third-order valence-electron chi connectivity index (χ3n) is 3.23. The van der Waals surface area contributed by atoms with E-state index in [0.29, 0.717) is 10.2 Å². The Morgan fingerprint density at radius 2 is 1.91 bits per heavy atom. The molecule has 0 aliphatic heterocycles. The van der Waals surface area contributed by atoms with Crippen LogP contribution in [0.4, 0.5) is 9.93 Å². The molecule has 0 unspecified atom stereocenters. The fourth-order valence-corrected chi connectivity index (χ4v) is 3.08. The average Bonchev–Trinajstić information content (AvgIpc) is 2.89. The molecule has 1 atom stereocenters. The Morgan fingerprint density at radius 3 is 2.64 bits per heavy atom. The summed E-state index contributed by atoms with van der Waals surface area (Å²) in [5.74, 6) is 0. The first-order valence-electron chi connectivity index (χ1n) is 6.80. The van der Waals surface area contributed by atoms with Crippen LogP contribution in [0.5, 0.6) is 0 Å². The monoisotopic (exact) mass is 331 g/mol. The van der Waals surface area contributed by atoms with Gasteiger partial charge in [-0.1, -0.05) is 47.2 Å². The molecule has 0 aliphatic carbocycles. The van der Waals surface area contributed by atoms with Crippen LogP contribution < -0.4 is 10.6 Å². The molecule has 0 spiro atoms. The molecule has 3 rings (SSSR count). The van der Waals surface area contributed by atoms with Crippen LogP contribution >= 0.6 is 22.9 Å². The first-order chi connectivity index (χ1) is 10.6. The number of nitrogens with zero attached hydrogens (tertiary/aromatic N) is 1. The lowest BCUT2D eigenvalue weighted by Crippen LogP contribution is -2.31. The quantitative estimate of drug-likeness (QED) is 0.722. The van der Waals surface area contributed by atoms with Crippen molar-refractivity contribution in [2.24, 2.45) is 0 Å². The minimum absolute atomic E-state index is 0.119. The fourth-order valence-electron chi connectivity index (χ4n) is 2.09. The lowest BCUT2D eigenvalue weighted by molar-refractivity contribution is 0.249. The maximum Gasteiger partial charge on any atom is 0.321 e. The van der Waals surface area contributed by atoms with Gasteiger partial charge in [0.2, 0.25) is 0 Å². The van der Waals surface area contributed by atoms with Crippen LogP contribution in [0.25, 0.3) is 10.2 Å². The summed E-state index contributed by atoms with van der Waals surface area (Å²) in [5, 5.41) is 6.92. The van der Waals surface area contributed by atoms with E-state index in [4.69, 9.17) is 11.6 Å². The van der Waals surface area contributed by atoms with E-state index in [1.165, 1.54) is 11.3 Å². The summed E-state index contributed by atoms with van der Waals surface area (Å²) in [5.41, 5.74) is 1.87. The first-order valence-corrected chi connectivity index (χ1v) is 8.00. The van der Waals surface area contributed by atoms with Crippen molar-refractivity contribution in [2.75, 3.05) is 5.32 Å². The lowest BCUT2D eigenvalue weighted by atomic mass is 10.1. The van der Waals surface area contributed by atoms with Gasteiger partial charge in [0, 0.05) is 5.02 Å². The Morgan fingerprint density at radius 1 is 1.18 bits per heavy atom. The minimum Gasteiger partial charge on any atom is -0.331 e.